The highest BCUT2D eigenvalue weighted by atomic mass is 32.2. The third-order valence-electron chi connectivity index (χ3n) is 4.68. The minimum Gasteiger partial charge on any atom is -0.497 e. The van der Waals surface area contributed by atoms with Crippen LogP contribution in [0.4, 0.5) is 5.69 Å². The van der Waals surface area contributed by atoms with Crippen LogP contribution in [0.15, 0.2) is 47.4 Å². The maximum Gasteiger partial charge on any atom is 0.242 e. The summed E-state index contributed by atoms with van der Waals surface area (Å²) in [5.41, 5.74) is 2.85. The number of sulfonamides is 1. The van der Waals surface area contributed by atoms with Gasteiger partial charge in [-0.15, -0.1) is 11.8 Å². The lowest BCUT2D eigenvalue weighted by molar-refractivity contribution is -0.116. The number of rotatable bonds is 7. The Bertz CT molecular complexity index is 957. The van der Waals surface area contributed by atoms with Gasteiger partial charge in [0.25, 0.3) is 0 Å². The molecule has 0 spiro atoms. The summed E-state index contributed by atoms with van der Waals surface area (Å²) in [6, 6.07) is 12.8. The van der Waals surface area contributed by atoms with E-state index in [4.69, 9.17) is 4.74 Å². The van der Waals surface area contributed by atoms with Crippen molar-refractivity contribution in [3.05, 3.63) is 53.6 Å². The topological polar surface area (TPSA) is 66.9 Å². The van der Waals surface area contributed by atoms with Gasteiger partial charge in [0.1, 0.15) is 5.75 Å². The van der Waals surface area contributed by atoms with Crippen LogP contribution in [0.5, 0.6) is 5.75 Å². The van der Waals surface area contributed by atoms with Gasteiger partial charge in [0.15, 0.2) is 0 Å². The summed E-state index contributed by atoms with van der Waals surface area (Å²) in [6.45, 7) is 0.586. The van der Waals surface area contributed by atoms with Crippen LogP contribution in [0.1, 0.15) is 11.1 Å². The van der Waals surface area contributed by atoms with E-state index in [1.807, 2.05) is 24.3 Å². The minimum absolute atomic E-state index is 0.0421. The Morgan fingerprint density at radius 1 is 1.18 bits per heavy atom. The number of carbonyl (C=O) groups excluding carboxylic acids is 1. The summed E-state index contributed by atoms with van der Waals surface area (Å²) in [7, 11) is 1.19. The average Bonchev–Trinajstić information content (AvgIpc) is 3.11. The molecule has 2 aromatic rings. The zero-order valence-corrected chi connectivity index (χ0v) is 17.8. The standard InChI is InChI=1S/C20H24N2O4S2/c1-21(2)28(24,25)18-8-9-19-16(12-18)10-11-22(19)20(23)14-27-13-15-4-6-17(26-3)7-5-15/h4-9,12H,10-11,13-14H2,1-3H3. The van der Waals surface area contributed by atoms with Crippen LogP contribution < -0.4 is 9.64 Å². The number of ether oxygens (including phenoxy) is 1. The van der Waals surface area contributed by atoms with Gasteiger partial charge in [-0.2, -0.15) is 0 Å². The molecule has 1 aliphatic heterocycles. The molecule has 1 heterocycles. The van der Waals surface area contributed by atoms with Crippen LogP contribution in [0.25, 0.3) is 0 Å². The number of fused-ring (bicyclic) bond motifs is 1. The van der Waals surface area contributed by atoms with Crippen molar-refractivity contribution in [2.24, 2.45) is 0 Å². The van der Waals surface area contributed by atoms with E-state index in [1.165, 1.54) is 18.4 Å². The second kappa shape index (κ2) is 8.55. The van der Waals surface area contributed by atoms with E-state index in [-0.39, 0.29) is 10.8 Å². The molecule has 0 saturated heterocycles. The zero-order chi connectivity index (χ0) is 20.3. The van der Waals surface area contributed by atoms with Crippen molar-refractivity contribution in [2.75, 3.05) is 38.4 Å². The molecule has 150 valence electrons. The number of hydrogen-bond donors (Lipinski definition) is 0. The lowest BCUT2D eigenvalue weighted by atomic mass is 10.2. The second-order valence-electron chi connectivity index (χ2n) is 6.71. The molecule has 2 aromatic carbocycles. The number of carbonyl (C=O) groups is 1. The summed E-state index contributed by atoms with van der Waals surface area (Å²) in [4.78, 5) is 14.7. The molecule has 0 unspecified atom stereocenters. The van der Waals surface area contributed by atoms with E-state index in [9.17, 15) is 13.2 Å². The molecule has 0 aromatic heterocycles. The zero-order valence-electron chi connectivity index (χ0n) is 16.2. The number of thioether (sulfide) groups is 1. The normalized spacial score (nSPS) is 13.6. The van der Waals surface area contributed by atoms with Gasteiger partial charge in [0.05, 0.1) is 17.8 Å². The van der Waals surface area contributed by atoms with Crippen molar-refractivity contribution in [1.29, 1.82) is 0 Å². The molecule has 28 heavy (non-hydrogen) atoms. The van der Waals surface area contributed by atoms with Crippen molar-refractivity contribution >= 4 is 33.4 Å². The Hall–Kier alpha value is -2.03. The third-order valence-corrected chi connectivity index (χ3v) is 7.48. The van der Waals surface area contributed by atoms with E-state index < -0.39 is 10.0 Å². The summed E-state index contributed by atoms with van der Waals surface area (Å²) in [5.74, 6) is 1.98. The Morgan fingerprint density at radius 3 is 2.54 bits per heavy atom. The predicted molar refractivity (Wildman–Crippen MR) is 113 cm³/mol. The summed E-state index contributed by atoms with van der Waals surface area (Å²) < 4.78 is 30.9. The highest BCUT2D eigenvalue weighted by Gasteiger charge is 2.27. The molecule has 0 bridgehead atoms. The van der Waals surface area contributed by atoms with E-state index in [0.29, 0.717) is 18.7 Å². The smallest absolute Gasteiger partial charge is 0.242 e. The minimum atomic E-state index is -3.47. The number of amides is 1. The van der Waals surface area contributed by atoms with E-state index in [1.54, 1.807) is 42.0 Å². The number of methoxy groups -OCH3 is 1. The quantitative estimate of drug-likeness (QED) is 0.689. The van der Waals surface area contributed by atoms with Crippen LogP contribution in [-0.2, 0) is 27.0 Å². The fraction of sp³-hybridized carbons (Fsp3) is 0.350. The van der Waals surface area contributed by atoms with Gasteiger partial charge in [-0.25, -0.2) is 12.7 Å². The van der Waals surface area contributed by atoms with E-state index in [0.717, 1.165) is 28.3 Å². The summed E-state index contributed by atoms with van der Waals surface area (Å²) in [6.07, 6.45) is 0.668. The van der Waals surface area contributed by atoms with E-state index in [2.05, 4.69) is 0 Å². The van der Waals surface area contributed by atoms with Gasteiger partial charge in [-0.1, -0.05) is 12.1 Å². The fourth-order valence-corrected chi connectivity index (χ4v) is 4.88. The van der Waals surface area contributed by atoms with Gasteiger partial charge in [0, 0.05) is 32.1 Å². The fourth-order valence-electron chi connectivity index (χ4n) is 3.06. The van der Waals surface area contributed by atoms with Gasteiger partial charge in [-0.05, 0) is 47.9 Å². The summed E-state index contributed by atoms with van der Waals surface area (Å²) in [5, 5.41) is 0. The first-order valence-electron chi connectivity index (χ1n) is 8.89. The van der Waals surface area contributed by atoms with Crippen LogP contribution in [0, 0.1) is 0 Å². The van der Waals surface area contributed by atoms with Crippen molar-refractivity contribution in [2.45, 2.75) is 17.1 Å². The van der Waals surface area contributed by atoms with Gasteiger partial charge < -0.3 is 9.64 Å². The van der Waals surface area contributed by atoms with Crippen LogP contribution >= 0.6 is 11.8 Å². The molecule has 3 rings (SSSR count). The van der Waals surface area contributed by atoms with Gasteiger partial charge >= 0.3 is 0 Å². The molecule has 0 aliphatic carbocycles. The van der Waals surface area contributed by atoms with Crippen molar-refractivity contribution < 1.29 is 17.9 Å². The first-order valence-corrected chi connectivity index (χ1v) is 11.5. The summed E-state index contributed by atoms with van der Waals surface area (Å²) >= 11 is 1.57. The van der Waals surface area contributed by atoms with Crippen LogP contribution in [0.3, 0.4) is 0 Å². The molecule has 0 fully saturated rings. The monoisotopic (exact) mass is 420 g/mol. The molecular formula is C20H24N2O4S2. The average molecular weight is 421 g/mol. The SMILES string of the molecule is COc1ccc(CSCC(=O)N2CCc3cc(S(=O)(=O)N(C)C)ccc32)cc1. The predicted octanol–water partition coefficient (Wildman–Crippen LogP) is 2.77. The molecule has 0 atom stereocenters. The Labute approximate surface area is 170 Å². The molecule has 0 radical (unpaired) electrons. The highest BCUT2D eigenvalue weighted by molar-refractivity contribution is 7.99. The van der Waals surface area contributed by atoms with Crippen molar-refractivity contribution in [1.82, 2.24) is 4.31 Å². The number of anilines is 1. The molecule has 0 N–H and O–H groups in total. The van der Waals surface area contributed by atoms with Crippen LogP contribution in [-0.4, -0.2) is 52.1 Å². The molecule has 1 amide bonds. The number of benzene rings is 2. The first-order chi connectivity index (χ1) is 13.3. The third kappa shape index (κ3) is 4.34. The Kier molecular flexibility index (Phi) is 6.32. The molecule has 0 saturated carbocycles. The van der Waals surface area contributed by atoms with E-state index >= 15 is 0 Å². The number of nitrogens with zero attached hydrogens (tertiary/aromatic N) is 2. The number of hydrogen-bond acceptors (Lipinski definition) is 5. The Morgan fingerprint density at radius 2 is 1.89 bits per heavy atom. The lowest BCUT2D eigenvalue weighted by Gasteiger charge is -2.18. The molecule has 6 nitrogen and oxygen atoms in total. The largest absolute Gasteiger partial charge is 0.497 e. The molecule has 1 aliphatic rings. The van der Waals surface area contributed by atoms with Crippen molar-refractivity contribution in [3.63, 3.8) is 0 Å². The molecular weight excluding hydrogens is 396 g/mol. The van der Waals surface area contributed by atoms with Crippen LogP contribution in [0.2, 0.25) is 0 Å². The lowest BCUT2D eigenvalue weighted by Crippen LogP contribution is -2.30. The molecule has 8 heteroatoms. The maximum absolute atomic E-state index is 12.6. The maximum atomic E-state index is 12.6. The Balaban J connectivity index is 1.62. The van der Waals surface area contributed by atoms with Gasteiger partial charge in [-0.3, -0.25) is 4.79 Å². The van der Waals surface area contributed by atoms with Gasteiger partial charge in [0.2, 0.25) is 15.9 Å². The first kappa shape index (κ1) is 20.7. The highest BCUT2D eigenvalue weighted by Crippen LogP contribution is 2.31. The van der Waals surface area contributed by atoms with Crippen molar-refractivity contribution in [3.8, 4) is 5.75 Å². The second-order valence-corrected chi connectivity index (χ2v) is 9.85.